The Balaban J connectivity index is 1.38. The van der Waals surface area contributed by atoms with Crippen molar-refractivity contribution in [2.45, 2.75) is 31.7 Å². The molecule has 6 nitrogen and oxygen atoms in total. The van der Waals surface area contributed by atoms with Crippen LogP contribution < -0.4 is 4.74 Å². The highest BCUT2D eigenvalue weighted by atomic mass is 16.5. The summed E-state index contributed by atoms with van der Waals surface area (Å²) in [5.41, 5.74) is 1.08. The van der Waals surface area contributed by atoms with Crippen LogP contribution in [0, 0.1) is 0 Å². The number of nitrogens with zero attached hydrogens (tertiary/aromatic N) is 3. The van der Waals surface area contributed by atoms with E-state index in [-0.39, 0.29) is 12.5 Å². The maximum atomic E-state index is 12.1. The number of hydrogen-bond donors (Lipinski definition) is 0. The highest BCUT2D eigenvalue weighted by molar-refractivity contribution is 5.77. The summed E-state index contributed by atoms with van der Waals surface area (Å²) in [7, 11) is 0. The van der Waals surface area contributed by atoms with Crippen molar-refractivity contribution in [2.75, 3.05) is 32.9 Å². The van der Waals surface area contributed by atoms with Gasteiger partial charge in [0, 0.05) is 37.1 Å². The number of hydrogen-bond acceptors (Lipinski definition) is 4. The standard InChI is InChI=1S/C20H25N3O3/c24-19(22-11-13-25-14-12-22)15-26-18-7-5-16(6-8-18)20-21-9-10-23(20)17-3-1-2-4-17/h5-10,17H,1-4,11-15H2. The summed E-state index contributed by atoms with van der Waals surface area (Å²) in [5, 5.41) is 0. The summed E-state index contributed by atoms with van der Waals surface area (Å²) in [5.74, 6) is 1.72. The van der Waals surface area contributed by atoms with Crippen LogP contribution in [0.5, 0.6) is 5.75 Å². The molecule has 1 aromatic carbocycles. The molecule has 26 heavy (non-hydrogen) atoms. The lowest BCUT2D eigenvalue weighted by atomic mass is 10.2. The van der Waals surface area contributed by atoms with E-state index in [1.54, 1.807) is 4.90 Å². The van der Waals surface area contributed by atoms with E-state index in [0.29, 0.717) is 38.1 Å². The molecule has 0 bridgehead atoms. The van der Waals surface area contributed by atoms with Gasteiger partial charge in [-0.05, 0) is 37.1 Å². The molecule has 4 rings (SSSR count). The molecule has 1 aliphatic heterocycles. The monoisotopic (exact) mass is 355 g/mol. The third-order valence-electron chi connectivity index (χ3n) is 5.23. The fourth-order valence-corrected chi connectivity index (χ4v) is 3.76. The minimum Gasteiger partial charge on any atom is -0.484 e. The van der Waals surface area contributed by atoms with Gasteiger partial charge < -0.3 is 18.9 Å². The van der Waals surface area contributed by atoms with Crippen LogP contribution in [0.1, 0.15) is 31.7 Å². The van der Waals surface area contributed by atoms with E-state index in [1.807, 2.05) is 30.5 Å². The molecule has 0 radical (unpaired) electrons. The SMILES string of the molecule is O=C(COc1ccc(-c2nccn2C2CCCC2)cc1)N1CCOCC1. The molecule has 1 saturated carbocycles. The van der Waals surface area contributed by atoms with Crippen LogP contribution in [-0.2, 0) is 9.53 Å². The highest BCUT2D eigenvalue weighted by Crippen LogP contribution is 2.33. The number of aromatic nitrogens is 2. The first kappa shape index (κ1) is 17.1. The lowest BCUT2D eigenvalue weighted by molar-refractivity contribution is -0.137. The summed E-state index contributed by atoms with van der Waals surface area (Å²) >= 11 is 0. The first-order valence-corrected chi connectivity index (χ1v) is 9.43. The Labute approximate surface area is 153 Å². The lowest BCUT2D eigenvalue weighted by Gasteiger charge is -2.26. The molecule has 2 heterocycles. The number of carbonyl (C=O) groups is 1. The van der Waals surface area contributed by atoms with Crippen LogP contribution in [0.3, 0.4) is 0 Å². The van der Waals surface area contributed by atoms with E-state index in [9.17, 15) is 4.79 Å². The molecule has 0 spiro atoms. The Morgan fingerprint density at radius 1 is 1.15 bits per heavy atom. The predicted molar refractivity (Wildman–Crippen MR) is 98.1 cm³/mol. The Kier molecular flexibility index (Phi) is 5.20. The van der Waals surface area contributed by atoms with Gasteiger partial charge in [-0.1, -0.05) is 12.8 Å². The molecule has 0 atom stereocenters. The number of imidazole rings is 1. The first-order chi connectivity index (χ1) is 12.8. The average Bonchev–Trinajstić information content (AvgIpc) is 3.38. The van der Waals surface area contributed by atoms with Crippen molar-refractivity contribution in [3.63, 3.8) is 0 Å². The van der Waals surface area contributed by atoms with E-state index in [1.165, 1.54) is 25.7 Å². The number of rotatable bonds is 5. The van der Waals surface area contributed by atoms with Gasteiger partial charge in [0.1, 0.15) is 11.6 Å². The van der Waals surface area contributed by atoms with E-state index in [2.05, 4.69) is 15.7 Å². The third-order valence-corrected chi connectivity index (χ3v) is 5.23. The zero-order chi connectivity index (χ0) is 17.8. The van der Waals surface area contributed by atoms with Gasteiger partial charge in [-0.15, -0.1) is 0 Å². The molecule has 0 N–H and O–H groups in total. The number of morpholine rings is 1. The Hall–Kier alpha value is -2.34. The molecule has 1 aliphatic carbocycles. The molecular weight excluding hydrogens is 330 g/mol. The smallest absolute Gasteiger partial charge is 0.260 e. The van der Waals surface area contributed by atoms with Gasteiger partial charge in [0.15, 0.2) is 6.61 Å². The first-order valence-electron chi connectivity index (χ1n) is 9.43. The van der Waals surface area contributed by atoms with Crippen LogP contribution in [0.15, 0.2) is 36.7 Å². The minimum absolute atomic E-state index is 0.00847. The summed E-state index contributed by atoms with van der Waals surface area (Å²) < 4.78 is 13.2. The summed E-state index contributed by atoms with van der Waals surface area (Å²) in [6.45, 7) is 2.56. The molecule has 2 aromatic rings. The summed E-state index contributed by atoms with van der Waals surface area (Å²) in [6.07, 6.45) is 9.01. The molecule has 2 fully saturated rings. The third kappa shape index (κ3) is 3.75. The Morgan fingerprint density at radius 2 is 1.88 bits per heavy atom. The van der Waals surface area contributed by atoms with Crippen molar-refractivity contribution in [1.29, 1.82) is 0 Å². The number of ether oxygens (including phenoxy) is 2. The van der Waals surface area contributed by atoms with Gasteiger partial charge in [0.05, 0.1) is 13.2 Å². The predicted octanol–water partition coefficient (Wildman–Crippen LogP) is 2.90. The van der Waals surface area contributed by atoms with Crippen LogP contribution in [-0.4, -0.2) is 53.3 Å². The Morgan fingerprint density at radius 3 is 2.62 bits per heavy atom. The molecule has 6 heteroatoms. The number of amides is 1. The van der Waals surface area contributed by atoms with Crippen molar-refractivity contribution < 1.29 is 14.3 Å². The maximum Gasteiger partial charge on any atom is 0.260 e. The molecule has 0 unspecified atom stereocenters. The largest absolute Gasteiger partial charge is 0.484 e. The van der Waals surface area contributed by atoms with Crippen LogP contribution in [0.4, 0.5) is 0 Å². The zero-order valence-electron chi connectivity index (χ0n) is 15.0. The van der Waals surface area contributed by atoms with Gasteiger partial charge in [-0.3, -0.25) is 4.79 Å². The second-order valence-corrected chi connectivity index (χ2v) is 6.90. The van der Waals surface area contributed by atoms with Gasteiger partial charge in [0.2, 0.25) is 0 Å². The molecule has 2 aliphatic rings. The fraction of sp³-hybridized carbons (Fsp3) is 0.500. The normalized spacial score (nSPS) is 18.2. The number of benzene rings is 1. The van der Waals surface area contributed by atoms with E-state index >= 15 is 0 Å². The van der Waals surface area contributed by atoms with Gasteiger partial charge >= 0.3 is 0 Å². The molecule has 1 aromatic heterocycles. The van der Waals surface area contributed by atoms with Crippen LogP contribution in [0.2, 0.25) is 0 Å². The zero-order valence-corrected chi connectivity index (χ0v) is 15.0. The second kappa shape index (κ2) is 7.91. The van der Waals surface area contributed by atoms with Crippen molar-refractivity contribution in [1.82, 2.24) is 14.5 Å². The molecule has 1 amide bonds. The topological polar surface area (TPSA) is 56.6 Å². The average molecular weight is 355 g/mol. The lowest BCUT2D eigenvalue weighted by Crippen LogP contribution is -2.42. The van der Waals surface area contributed by atoms with Gasteiger partial charge in [-0.2, -0.15) is 0 Å². The summed E-state index contributed by atoms with van der Waals surface area (Å²) in [6, 6.07) is 8.42. The van der Waals surface area contributed by atoms with E-state index in [4.69, 9.17) is 9.47 Å². The van der Waals surface area contributed by atoms with Gasteiger partial charge in [-0.25, -0.2) is 4.98 Å². The summed E-state index contributed by atoms with van der Waals surface area (Å²) in [4.78, 5) is 18.5. The molecular formula is C20H25N3O3. The van der Waals surface area contributed by atoms with Crippen LogP contribution >= 0.6 is 0 Å². The van der Waals surface area contributed by atoms with Crippen molar-refractivity contribution >= 4 is 5.91 Å². The van der Waals surface area contributed by atoms with E-state index < -0.39 is 0 Å². The van der Waals surface area contributed by atoms with Crippen LogP contribution in [0.25, 0.3) is 11.4 Å². The number of carbonyl (C=O) groups excluding carboxylic acids is 1. The van der Waals surface area contributed by atoms with Crippen molar-refractivity contribution in [2.24, 2.45) is 0 Å². The van der Waals surface area contributed by atoms with Crippen molar-refractivity contribution in [3.8, 4) is 17.1 Å². The Bertz CT molecular complexity index is 729. The van der Waals surface area contributed by atoms with Gasteiger partial charge in [0.25, 0.3) is 5.91 Å². The van der Waals surface area contributed by atoms with Crippen molar-refractivity contribution in [3.05, 3.63) is 36.7 Å². The molecule has 138 valence electrons. The molecule has 1 saturated heterocycles. The second-order valence-electron chi connectivity index (χ2n) is 6.90. The minimum atomic E-state index is 0.00847. The van der Waals surface area contributed by atoms with E-state index in [0.717, 1.165) is 11.4 Å². The fourth-order valence-electron chi connectivity index (χ4n) is 3.76. The maximum absolute atomic E-state index is 12.1. The quantitative estimate of drug-likeness (QED) is 0.827. The highest BCUT2D eigenvalue weighted by Gasteiger charge is 2.20.